The Morgan fingerprint density at radius 2 is 2.17 bits per heavy atom. The van der Waals surface area contributed by atoms with Crippen LogP contribution in [-0.2, 0) is 24.9 Å². The first-order valence-corrected chi connectivity index (χ1v) is 9.92. The molecule has 7 nitrogen and oxygen atoms in total. The van der Waals surface area contributed by atoms with Gasteiger partial charge >= 0.3 is 0 Å². The first-order valence-electron chi connectivity index (χ1n) is 9.92. The number of aryl methyl sites for hydroxylation is 1. The first kappa shape index (κ1) is 18.0. The van der Waals surface area contributed by atoms with E-state index in [4.69, 9.17) is 13.9 Å². The van der Waals surface area contributed by atoms with Crippen LogP contribution in [-0.4, -0.2) is 39.8 Å². The van der Waals surface area contributed by atoms with E-state index in [0.717, 1.165) is 47.8 Å². The second-order valence-electron chi connectivity index (χ2n) is 7.48. The van der Waals surface area contributed by atoms with Crippen molar-refractivity contribution in [3.63, 3.8) is 0 Å². The van der Waals surface area contributed by atoms with Crippen LogP contribution in [0, 0.1) is 0 Å². The highest BCUT2D eigenvalue weighted by atomic mass is 16.5. The van der Waals surface area contributed by atoms with Crippen molar-refractivity contribution >= 4 is 5.91 Å². The fraction of sp³-hybridized carbons (Fsp3) is 0.364. The van der Waals surface area contributed by atoms with Gasteiger partial charge in [-0.3, -0.25) is 9.48 Å². The smallest absolute Gasteiger partial charge is 0.275 e. The standard InChI is InChI=1S/C22H23N3O4/c1-24-21-17-8-2-3-9-19(17)29-14-18(21)20(23-24)22(26)25(12-15-6-4-10-27-15)13-16-7-5-11-28-16/h2-4,6,8-10,16H,5,7,11-14H2,1H3/t16-/m0/s1. The normalized spacial score (nSPS) is 17.5. The van der Waals surface area contributed by atoms with Gasteiger partial charge in [-0.15, -0.1) is 0 Å². The van der Waals surface area contributed by atoms with E-state index < -0.39 is 0 Å². The van der Waals surface area contributed by atoms with Gasteiger partial charge in [-0.05, 0) is 37.1 Å². The van der Waals surface area contributed by atoms with Crippen LogP contribution in [0.15, 0.2) is 47.1 Å². The third-order valence-corrected chi connectivity index (χ3v) is 5.52. The van der Waals surface area contributed by atoms with Crippen molar-refractivity contribution in [2.75, 3.05) is 13.2 Å². The largest absolute Gasteiger partial charge is 0.488 e. The molecule has 3 aromatic rings. The van der Waals surface area contributed by atoms with Crippen molar-refractivity contribution in [3.05, 3.63) is 59.7 Å². The van der Waals surface area contributed by atoms with Gasteiger partial charge in [0.2, 0.25) is 0 Å². The summed E-state index contributed by atoms with van der Waals surface area (Å²) in [5.41, 5.74) is 3.15. The van der Waals surface area contributed by atoms with Gasteiger partial charge in [0, 0.05) is 31.3 Å². The van der Waals surface area contributed by atoms with Crippen LogP contribution < -0.4 is 4.74 Å². The fourth-order valence-corrected chi connectivity index (χ4v) is 4.15. The number of rotatable bonds is 5. The molecule has 0 saturated carbocycles. The number of carbonyl (C=O) groups is 1. The van der Waals surface area contributed by atoms with Crippen molar-refractivity contribution in [2.45, 2.75) is 32.1 Å². The maximum absolute atomic E-state index is 13.6. The number of para-hydroxylation sites is 1. The van der Waals surface area contributed by atoms with Crippen molar-refractivity contribution in [1.82, 2.24) is 14.7 Å². The molecule has 4 heterocycles. The minimum absolute atomic E-state index is 0.0467. The number of amides is 1. The maximum Gasteiger partial charge on any atom is 0.275 e. The van der Waals surface area contributed by atoms with Crippen LogP contribution in [0.1, 0.15) is 34.7 Å². The predicted octanol–water partition coefficient (Wildman–Crippen LogP) is 3.39. The molecule has 0 unspecified atom stereocenters. The summed E-state index contributed by atoms with van der Waals surface area (Å²) in [6.07, 6.45) is 3.65. The highest BCUT2D eigenvalue weighted by molar-refractivity contribution is 5.96. The van der Waals surface area contributed by atoms with Gasteiger partial charge in [0.15, 0.2) is 5.69 Å². The van der Waals surface area contributed by atoms with Crippen LogP contribution in [0.3, 0.4) is 0 Å². The summed E-state index contributed by atoms with van der Waals surface area (Å²) in [5.74, 6) is 1.42. The average Bonchev–Trinajstić information content (AvgIpc) is 3.49. The Hall–Kier alpha value is -3.06. The summed E-state index contributed by atoms with van der Waals surface area (Å²) in [6.45, 7) is 1.98. The number of fused-ring (bicyclic) bond motifs is 3. The molecule has 29 heavy (non-hydrogen) atoms. The van der Waals surface area contributed by atoms with Gasteiger partial charge in [-0.25, -0.2) is 0 Å². The molecule has 7 heteroatoms. The zero-order valence-corrected chi connectivity index (χ0v) is 16.3. The van der Waals surface area contributed by atoms with Gasteiger partial charge in [0.05, 0.1) is 24.6 Å². The lowest BCUT2D eigenvalue weighted by molar-refractivity contribution is 0.0485. The molecule has 1 fully saturated rings. The Labute approximate surface area is 168 Å². The molecule has 0 aliphatic carbocycles. The number of carbonyl (C=O) groups excluding carboxylic acids is 1. The number of hydrogen-bond donors (Lipinski definition) is 0. The highest BCUT2D eigenvalue weighted by Crippen LogP contribution is 2.38. The van der Waals surface area contributed by atoms with Gasteiger partial charge in [-0.1, -0.05) is 12.1 Å². The van der Waals surface area contributed by atoms with Gasteiger partial charge in [-0.2, -0.15) is 5.10 Å². The molecule has 0 N–H and O–H groups in total. The second-order valence-corrected chi connectivity index (χ2v) is 7.48. The monoisotopic (exact) mass is 393 g/mol. The molecule has 0 radical (unpaired) electrons. The van der Waals surface area contributed by atoms with Gasteiger partial charge in [0.1, 0.15) is 18.1 Å². The van der Waals surface area contributed by atoms with Crippen molar-refractivity contribution < 1.29 is 18.7 Å². The minimum atomic E-state index is -0.128. The molecule has 5 rings (SSSR count). The lowest BCUT2D eigenvalue weighted by atomic mass is 10.0. The van der Waals surface area contributed by atoms with E-state index in [1.807, 2.05) is 43.4 Å². The summed E-state index contributed by atoms with van der Waals surface area (Å²) in [6, 6.07) is 11.6. The average molecular weight is 393 g/mol. The summed E-state index contributed by atoms with van der Waals surface area (Å²) in [7, 11) is 1.87. The second kappa shape index (κ2) is 7.40. The minimum Gasteiger partial charge on any atom is -0.488 e. The quantitative estimate of drug-likeness (QED) is 0.665. The number of ether oxygens (including phenoxy) is 2. The lowest BCUT2D eigenvalue weighted by Gasteiger charge is -2.25. The molecule has 0 bridgehead atoms. The number of aromatic nitrogens is 2. The van der Waals surface area contributed by atoms with E-state index in [0.29, 0.717) is 25.4 Å². The Kier molecular flexibility index (Phi) is 4.60. The highest BCUT2D eigenvalue weighted by Gasteiger charge is 2.32. The molecule has 150 valence electrons. The number of nitrogens with zero attached hydrogens (tertiary/aromatic N) is 3. The van der Waals surface area contributed by atoms with Gasteiger partial charge in [0.25, 0.3) is 5.91 Å². The van der Waals surface area contributed by atoms with Crippen LogP contribution in [0.25, 0.3) is 11.3 Å². The Morgan fingerprint density at radius 3 is 2.97 bits per heavy atom. The molecular weight excluding hydrogens is 370 g/mol. The van der Waals surface area contributed by atoms with E-state index in [1.54, 1.807) is 15.8 Å². The van der Waals surface area contributed by atoms with Crippen LogP contribution in [0.4, 0.5) is 0 Å². The zero-order valence-electron chi connectivity index (χ0n) is 16.3. The zero-order chi connectivity index (χ0) is 19.8. The van der Waals surface area contributed by atoms with E-state index in [2.05, 4.69) is 5.10 Å². The molecule has 1 aromatic carbocycles. The molecule has 1 atom stereocenters. The maximum atomic E-state index is 13.6. The first-order chi connectivity index (χ1) is 14.2. The SMILES string of the molecule is Cn1nc(C(=O)N(Cc2ccco2)C[C@@H]2CCCO2)c2c1-c1ccccc1OC2. The number of benzene rings is 1. The molecular formula is C22H23N3O4. The van der Waals surface area contributed by atoms with E-state index >= 15 is 0 Å². The number of hydrogen-bond acceptors (Lipinski definition) is 5. The van der Waals surface area contributed by atoms with Gasteiger partial charge < -0.3 is 18.8 Å². The molecule has 0 spiro atoms. The summed E-state index contributed by atoms with van der Waals surface area (Å²) < 4.78 is 19.0. The third-order valence-electron chi connectivity index (χ3n) is 5.52. The third kappa shape index (κ3) is 3.31. The molecule has 2 aromatic heterocycles. The predicted molar refractivity (Wildman–Crippen MR) is 105 cm³/mol. The lowest BCUT2D eigenvalue weighted by Crippen LogP contribution is -2.37. The fourth-order valence-electron chi connectivity index (χ4n) is 4.15. The summed E-state index contributed by atoms with van der Waals surface area (Å²) in [5, 5.41) is 4.59. The van der Waals surface area contributed by atoms with E-state index in [9.17, 15) is 4.79 Å². The van der Waals surface area contributed by atoms with Crippen molar-refractivity contribution in [1.29, 1.82) is 0 Å². The van der Waals surface area contributed by atoms with E-state index in [-0.39, 0.29) is 12.0 Å². The topological polar surface area (TPSA) is 69.7 Å². The molecule has 2 aliphatic heterocycles. The van der Waals surface area contributed by atoms with E-state index in [1.165, 1.54) is 0 Å². The van der Waals surface area contributed by atoms with Crippen LogP contribution >= 0.6 is 0 Å². The van der Waals surface area contributed by atoms with Crippen LogP contribution in [0.2, 0.25) is 0 Å². The van der Waals surface area contributed by atoms with Crippen molar-refractivity contribution in [2.24, 2.45) is 7.05 Å². The molecule has 1 saturated heterocycles. The molecule has 2 aliphatic rings. The van der Waals surface area contributed by atoms with Crippen molar-refractivity contribution in [3.8, 4) is 17.0 Å². The molecule has 1 amide bonds. The Balaban J connectivity index is 1.49. The van der Waals surface area contributed by atoms with Crippen LogP contribution in [0.5, 0.6) is 5.75 Å². The Bertz CT molecular complexity index is 1020. The summed E-state index contributed by atoms with van der Waals surface area (Å²) in [4.78, 5) is 15.3. The Morgan fingerprint density at radius 1 is 1.28 bits per heavy atom. The summed E-state index contributed by atoms with van der Waals surface area (Å²) >= 11 is 0. The number of furan rings is 1.